The van der Waals surface area contributed by atoms with Crippen LogP contribution in [0.4, 0.5) is 5.69 Å². The van der Waals surface area contributed by atoms with Crippen molar-refractivity contribution in [1.82, 2.24) is 0 Å². The van der Waals surface area contributed by atoms with E-state index in [1.807, 2.05) is 11.8 Å². The normalized spacial score (nSPS) is 10.6. The van der Waals surface area contributed by atoms with Crippen molar-refractivity contribution in [2.45, 2.75) is 25.5 Å². The van der Waals surface area contributed by atoms with E-state index in [0.717, 1.165) is 5.75 Å². The van der Waals surface area contributed by atoms with Crippen LogP contribution in [0.15, 0.2) is 48.5 Å². The molecule has 2 aromatic carbocycles. The molecule has 0 bridgehead atoms. The van der Waals surface area contributed by atoms with Crippen LogP contribution in [-0.4, -0.2) is 19.8 Å². The molecule has 0 aliphatic rings. The van der Waals surface area contributed by atoms with Gasteiger partial charge in [0.1, 0.15) is 0 Å². The molecule has 0 saturated carbocycles. The van der Waals surface area contributed by atoms with E-state index in [1.54, 1.807) is 0 Å². The molecule has 1 nitrogen and oxygen atoms in total. The molecule has 0 atom stereocenters. The molecule has 0 radical (unpaired) electrons. The van der Waals surface area contributed by atoms with Crippen molar-refractivity contribution >= 4 is 17.4 Å². The van der Waals surface area contributed by atoms with Crippen molar-refractivity contribution in [3.05, 3.63) is 54.1 Å². The van der Waals surface area contributed by atoms with Crippen molar-refractivity contribution in [2.75, 3.05) is 24.7 Å². The lowest BCUT2D eigenvalue weighted by molar-refractivity contribution is 0.896. The number of anilines is 1. The Morgan fingerprint density at radius 3 is 2.57 bits per heavy atom. The average molecular weight is 299 g/mol. The number of para-hydroxylation sites is 1. The molecule has 0 amide bonds. The minimum absolute atomic E-state index is 1.11. The Labute approximate surface area is 133 Å². The second-order valence-corrected chi connectivity index (χ2v) is 6.62. The maximum atomic E-state index is 2.33. The molecule has 0 aliphatic carbocycles. The monoisotopic (exact) mass is 299 g/mol. The van der Waals surface area contributed by atoms with Gasteiger partial charge in [0.2, 0.25) is 0 Å². The topological polar surface area (TPSA) is 3.24 Å². The van der Waals surface area contributed by atoms with Gasteiger partial charge in [-0.25, -0.2) is 0 Å². The van der Waals surface area contributed by atoms with Gasteiger partial charge in [0, 0.05) is 31.1 Å². The largest absolute Gasteiger partial charge is 0.377 e. The van der Waals surface area contributed by atoms with Crippen LogP contribution in [0.5, 0.6) is 0 Å². The van der Waals surface area contributed by atoms with Gasteiger partial charge >= 0.3 is 0 Å². The summed E-state index contributed by atoms with van der Waals surface area (Å²) in [6, 6.07) is 17.6. The van der Waals surface area contributed by atoms with E-state index in [-0.39, 0.29) is 0 Å². The summed E-state index contributed by atoms with van der Waals surface area (Å²) in [7, 11) is 4.20. The molecule has 2 heteroatoms. The Morgan fingerprint density at radius 1 is 1.00 bits per heavy atom. The van der Waals surface area contributed by atoms with Crippen LogP contribution in [0.3, 0.4) is 0 Å². The highest BCUT2D eigenvalue weighted by molar-refractivity contribution is 7.98. The van der Waals surface area contributed by atoms with Gasteiger partial charge in [-0.2, -0.15) is 11.8 Å². The van der Waals surface area contributed by atoms with Gasteiger partial charge in [-0.1, -0.05) is 55.8 Å². The smallest absolute Gasteiger partial charge is 0.0440 e. The molecule has 2 rings (SSSR count). The predicted octanol–water partition coefficient (Wildman–Crippen LogP) is 5.45. The third-order valence-corrected chi connectivity index (χ3v) is 4.65. The molecule has 2 aromatic rings. The van der Waals surface area contributed by atoms with Crippen LogP contribution in [0.2, 0.25) is 0 Å². The first kappa shape index (κ1) is 16.0. The van der Waals surface area contributed by atoms with Crippen molar-refractivity contribution in [2.24, 2.45) is 0 Å². The summed E-state index contributed by atoms with van der Waals surface area (Å²) in [6.45, 7) is 2.25. The third kappa shape index (κ3) is 4.53. The highest BCUT2D eigenvalue weighted by Gasteiger charge is 2.06. The highest BCUT2D eigenvalue weighted by atomic mass is 32.2. The number of benzene rings is 2. The molecule has 0 fully saturated rings. The molecule has 21 heavy (non-hydrogen) atoms. The molecule has 0 saturated heterocycles. The van der Waals surface area contributed by atoms with Crippen LogP contribution in [0.1, 0.15) is 25.3 Å². The SMILES string of the molecule is CCCCSCc1cccc(-c2ccccc2N(C)C)c1. The van der Waals surface area contributed by atoms with Gasteiger partial charge in [0.05, 0.1) is 0 Å². The van der Waals surface area contributed by atoms with Crippen molar-refractivity contribution < 1.29 is 0 Å². The summed E-state index contributed by atoms with van der Waals surface area (Å²) in [5.41, 5.74) is 5.31. The van der Waals surface area contributed by atoms with Gasteiger partial charge in [-0.05, 0) is 29.4 Å². The zero-order valence-corrected chi connectivity index (χ0v) is 14.1. The summed E-state index contributed by atoms with van der Waals surface area (Å²) in [6.07, 6.45) is 2.59. The van der Waals surface area contributed by atoms with Crippen LogP contribution in [0.25, 0.3) is 11.1 Å². The molecule has 0 aromatic heterocycles. The highest BCUT2D eigenvalue weighted by Crippen LogP contribution is 2.30. The molecular formula is C19H25NS. The fraction of sp³-hybridized carbons (Fsp3) is 0.368. The average Bonchev–Trinajstić information content (AvgIpc) is 2.52. The minimum Gasteiger partial charge on any atom is -0.377 e. The standard InChI is InChI=1S/C19H25NS/c1-4-5-13-21-15-16-9-8-10-17(14-16)18-11-6-7-12-19(18)20(2)3/h6-12,14H,4-5,13,15H2,1-3H3. The number of nitrogens with zero attached hydrogens (tertiary/aromatic N) is 1. The number of rotatable bonds is 7. The third-order valence-electron chi connectivity index (χ3n) is 3.53. The van der Waals surface area contributed by atoms with E-state index < -0.39 is 0 Å². The number of hydrogen-bond acceptors (Lipinski definition) is 2. The Balaban J connectivity index is 2.17. The molecule has 0 unspecified atom stereocenters. The second-order valence-electron chi connectivity index (χ2n) is 5.52. The minimum atomic E-state index is 1.11. The Bertz CT molecular complexity index is 563. The zero-order chi connectivity index (χ0) is 15.1. The Hall–Kier alpha value is -1.41. The van der Waals surface area contributed by atoms with Gasteiger partial charge < -0.3 is 4.90 Å². The van der Waals surface area contributed by atoms with E-state index in [0.29, 0.717) is 0 Å². The maximum Gasteiger partial charge on any atom is 0.0440 e. The quantitative estimate of drug-likeness (QED) is 0.625. The van der Waals surface area contributed by atoms with Gasteiger partial charge in [-0.3, -0.25) is 0 Å². The summed E-state index contributed by atoms with van der Waals surface area (Å²) >= 11 is 2.03. The lowest BCUT2D eigenvalue weighted by Gasteiger charge is -2.17. The van der Waals surface area contributed by atoms with Crippen LogP contribution >= 0.6 is 11.8 Å². The van der Waals surface area contributed by atoms with Gasteiger partial charge in [0.15, 0.2) is 0 Å². The van der Waals surface area contributed by atoms with E-state index in [9.17, 15) is 0 Å². The van der Waals surface area contributed by atoms with Gasteiger partial charge in [0.25, 0.3) is 0 Å². The predicted molar refractivity (Wildman–Crippen MR) is 97.3 cm³/mol. The Morgan fingerprint density at radius 2 is 1.81 bits per heavy atom. The summed E-state index contributed by atoms with van der Waals surface area (Å²) in [4.78, 5) is 2.18. The lowest BCUT2D eigenvalue weighted by Crippen LogP contribution is -2.09. The zero-order valence-electron chi connectivity index (χ0n) is 13.3. The number of hydrogen-bond donors (Lipinski definition) is 0. The fourth-order valence-corrected chi connectivity index (χ4v) is 3.43. The van der Waals surface area contributed by atoms with Crippen LogP contribution in [0, 0.1) is 0 Å². The van der Waals surface area contributed by atoms with Crippen LogP contribution < -0.4 is 4.90 Å². The molecular weight excluding hydrogens is 274 g/mol. The van der Waals surface area contributed by atoms with Crippen molar-refractivity contribution in [1.29, 1.82) is 0 Å². The second kappa shape index (κ2) is 8.14. The Kier molecular flexibility index (Phi) is 6.19. The fourth-order valence-electron chi connectivity index (χ4n) is 2.37. The molecule has 0 aliphatic heterocycles. The maximum absolute atomic E-state index is 2.33. The van der Waals surface area contributed by atoms with E-state index >= 15 is 0 Å². The first-order chi connectivity index (χ1) is 10.2. The summed E-state index contributed by atoms with van der Waals surface area (Å²) in [5, 5.41) is 0. The van der Waals surface area contributed by atoms with E-state index in [4.69, 9.17) is 0 Å². The number of unbranched alkanes of at least 4 members (excludes halogenated alkanes) is 1. The summed E-state index contributed by atoms with van der Waals surface area (Å²) < 4.78 is 0. The van der Waals surface area contributed by atoms with Crippen molar-refractivity contribution in [3.63, 3.8) is 0 Å². The van der Waals surface area contributed by atoms with E-state index in [2.05, 4.69) is 74.4 Å². The number of thioether (sulfide) groups is 1. The van der Waals surface area contributed by atoms with Crippen LogP contribution in [-0.2, 0) is 5.75 Å². The first-order valence-electron chi connectivity index (χ1n) is 7.65. The van der Waals surface area contributed by atoms with E-state index in [1.165, 1.54) is 41.0 Å². The lowest BCUT2D eigenvalue weighted by atomic mass is 10.0. The molecule has 112 valence electrons. The molecule has 0 heterocycles. The molecule has 0 spiro atoms. The molecule has 0 N–H and O–H groups in total. The van der Waals surface area contributed by atoms with Crippen molar-refractivity contribution in [3.8, 4) is 11.1 Å². The van der Waals surface area contributed by atoms with Gasteiger partial charge in [-0.15, -0.1) is 0 Å². The first-order valence-corrected chi connectivity index (χ1v) is 8.81. The summed E-state index contributed by atoms with van der Waals surface area (Å²) in [5.74, 6) is 2.37.